The molecule has 0 aliphatic heterocycles. The Morgan fingerprint density at radius 2 is 1.88 bits per heavy atom. The molecule has 1 heterocycles. The van der Waals surface area contributed by atoms with E-state index in [2.05, 4.69) is 4.98 Å². The molecule has 0 aliphatic carbocycles. The number of carbonyl (C=O) groups is 1. The van der Waals surface area contributed by atoms with Crippen LogP contribution in [-0.2, 0) is 0 Å². The summed E-state index contributed by atoms with van der Waals surface area (Å²) >= 11 is 0. The summed E-state index contributed by atoms with van der Waals surface area (Å²) in [6.45, 7) is 1.62. The molecule has 2 rings (SSSR count). The Balaban J connectivity index is 2.77. The maximum Gasteiger partial charge on any atom is 0.338 e. The van der Waals surface area contributed by atoms with Crippen molar-refractivity contribution in [2.24, 2.45) is 0 Å². The first-order valence-corrected chi connectivity index (χ1v) is 5.12. The molecule has 0 atom stereocenters. The summed E-state index contributed by atoms with van der Waals surface area (Å²) in [7, 11) is 0. The molecule has 2 N–H and O–H groups in total. The minimum atomic E-state index is -1.04. The molecule has 0 spiro atoms. The number of H-pyrrole nitrogens is 1. The van der Waals surface area contributed by atoms with Gasteiger partial charge in [-0.2, -0.15) is 0 Å². The molecule has 4 heteroatoms. The van der Waals surface area contributed by atoms with Gasteiger partial charge in [0.15, 0.2) is 0 Å². The highest BCUT2D eigenvalue weighted by Crippen LogP contribution is 2.22. The first kappa shape index (κ1) is 11.1. The lowest BCUT2D eigenvalue weighted by Crippen LogP contribution is -2.13. The molecule has 4 nitrogen and oxygen atoms in total. The Bertz CT molecular complexity index is 614. The van der Waals surface area contributed by atoms with E-state index in [1.54, 1.807) is 31.2 Å². The fourth-order valence-electron chi connectivity index (χ4n) is 1.78. The largest absolute Gasteiger partial charge is 0.478 e. The van der Waals surface area contributed by atoms with Crippen LogP contribution in [0.15, 0.2) is 41.2 Å². The summed E-state index contributed by atoms with van der Waals surface area (Å²) in [4.78, 5) is 25.2. The zero-order valence-corrected chi connectivity index (χ0v) is 9.23. The summed E-state index contributed by atoms with van der Waals surface area (Å²) in [5.41, 5.74) is 1.33. The van der Waals surface area contributed by atoms with Crippen LogP contribution in [0.3, 0.4) is 0 Å². The molecule has 0 unspecified atom stereocenters. The number of aryl methyl sites for hydroxylation is 1. The first-order valence-electron chi connectivity index (χ1n) is 5.12. The summed E-state index contributed by atoms with van der Waals surface area (Å²) in [5, 5.41) is 9.18. The molecule has 17 heavy (non-hydrogen) atoms. The lowest BCUT2D eigenvalue weighted by atomic mass is 10.0. The number of benzene rings is 1. The molecule has 2 aromatic rings. The van der Waals surface area contributed by atoms with Crippen LogP contribution in [-0.4, -0.2) is 16.1 Å². The van der Waals surface area contributed by atoms with Crippen molar-refractivity contribution < 1.29 is 9.90 Å². The Morgan fingerprint density at radius 3 is 2.47 bits per heavy atom. The highest BCUT2D eigenvalue weighted by atomic mass is 16.4. The van der Waals surface area contributed by atoms with Crippen molar-refractivity contribution in [1.82, 2.24) is 4.98 Å². The van der Waals surface area contributed by atoms with Crippen molar-refractivity contribution in [3.63, 3.8) is 0 Å². The Labute approximate surface area is 97.6 Å². The lowest BCUT2D eigenvalue weighted by molar-refractivity contribution is 0.0696. The summed E-state index contributed by atoms with van der Waals surface area (Å²) in [6.07, 6.45) is 0. The molecule has 0 radical (unpaired) electrons. The van der Waals surface area contributed by atoms with Gasteiger partial charge in [0, 0.05) is 6.07 Å². The smallest absolute Gasteiger partial charge is 0.338 e. The van der Waals surface area contributed by atoms with Gasteiger partial charge in [0.1, 0.15) is 0 Å². The number of aromatic nitrogens is 1. The molecule has 1 aromatic carbocycles. The third kappa shape index (κ3) is 2.10. The van der Waals surface area contributed by atoms with Gasteiger partial charge in [-0.25, -0.2) is 4.79 Å². The number of hydrogen-bond acceptors (Lipinski definition) is 2. The van der Waals surface area contributed by atoms with Crippen LogP contribution in [0.25, 0.3) is 11.3 Å². The van der Waals surface area contributed by atoms with E-state index >= 15 is 0 Å². The molecule has 0 amide bonds. The number of rotatable bonds is 2. The molecule has 0 saturated carbocycles. The van der Waals surface area contributed by atoms with Crippen LogP contribution in [0.5, 0.6) is 0 Å². The standard InChI is InChI=1S/C13H11NO3/c1-8-7-10(15)14-12(11(8)13(16)17)9-5-3-2-4-6-9/h2-7H,1H3,(H,14,15)(H,16,17). The zero-order valence-electron chi connectivity index (χ0n) is 9.23. The van der Waals surface area contributed by atoms with Crippen LogP contribution >= 0.6 is 0 Å². The van der Waals surface area contributed by atoms with E-state index < -0.39 is 5.97 Å². The maximum atomic E-state index is 11.4. The predicted octanol–water partition coefficient (Wildman–Crippen LogP) is 2.05. The van der Waals surface area contributed by atoms with Crippen LogP contribution in [0.1, 0.15) is 15.9 Å². The second-order valence-corrected chi connectivity index (χ2v) is 3.74. The summed E-state index contributed by atoms with van der Waals surface area (Å²) < 4.78 is 0. The Hall–Kier alpha value is -2.36. The summed E-state index contributed by atoms with van der Waals surface area (Å²) in [6, 6.07) is 10.2. The van der Waals surface area contributed by atoms with Crippen LogP contribution < -0.4 is 5.56 Å². The van der Waals surface area contributed by atoms with Crippen molar-refractivity contribution >= 4 is 5.97 Å². The highest BCUT2D eigenvalue weighted by Gasteiger charge is 2.15. The second-order valence-electron chi connectivity index (χ2n) is 3.74. The number of hydrogen-bond donors (Lipinski definition) is 2. The molecule has 1 aromatic heterocycles. The first-order chi connectivity index (χ1) is 8.09. The third-order valence-corrected chi connectivity index (χ3v) is 2.52. The molecule has 0 saturated heterocycles. The predicted molar refractivity (Wildman–Crippen MR) is 64.2 cm³/mol. The SMILES string of the molecule is Cc1cc(=O)[nH]c(-c2ccccc2)c1C(=O)O. The van der Waals surface area contributed by atoms with E-state index in [1.807, 2.05) is 6.07 Å². The Morgan fingerprint density at radius 1 is 1.24 bits per heavy atom. The maximum absolute atomic E-state index is 11.4. The lowest BCUT2D eigenvalue weighted by Gasteiger charge is -2.08. The number of aromatic amines is 1. The zero-order chi connectivity index (χ0) is 12.4. The van der Waals surface area contributed by atoms with E-state index in [0.717, 1.165) is 0 Å². The number of nitrogens with one attached hydrogen (secondary N) is 1. The number of carboxylic acid groups (broad SMARTS) is 1. The average Bonchev–Trinajstić information content (AvgIpc) is 2.28. The second kappa shape index (κ2) is 4.25. The minimum Gasteiger partial charge on any atom is -0.478 e. The van der Waals surface area contributed by atoms with Crippen molar-refractivity contribution in [1.29, 1.82) is 0 Å². The molecule has 0 aliphatic rings. The normalized spacial score (nSPS) is 10.2. The van der Waals surface area contributed by atoms with Crippen LogP contribution in [0.2, 0.25) is 0 Å². The molecular formula is C13H11NO3. The topological polar surface area (TPSA) is 70.2 Å². The van der Waals surface area contributed by atoms with Crippen molar-refractivity contribution in [3.8, 4) is 11.3 Å². The van der Waals surface area contributed by atoms with Gasteiger partial charge in [0.2, 0.25) is 5.56 Å². The van der Waals surface area contributed by atoms with E-state index in [1.165, 1.54) is 6.07 Å². The van der Waals surface area contributed by atoms with Gasteiger partial charge in [0.25, 0.3) is 0 Å². The molecule has 0 bridgehead atoms. The quantitative estimate of drug-likeness (QED) is 0.827. The van der Waals surface area contributed by atoms with Crippen LogP contribution in [0, 0.1) is 6.92 Å². The van der Waals surface area contributed by atoms with Crippen molar-refractivity contribution in [3.05, 3.63) is 57.9 Å². The molecular weight excluding hydrogens is 218 g/mol. The third-order valence-electron chi connectivity index (χ3n) is 2.52. The van der Waals surface area contributed by atoms with Gasteiger partial charge >= 0.3 is 5.97 Å². The van der Waals surface area contributed by atoms with Crippen LogP contribution in [0.4, 0.5) is 0 Å². The fraction of sp³-hybridized carbons (Fsp3) is 0.0769. The Kier molecular flexibility index (Phi) is 2.78. The van der Waals surface area contributed by atoms with Crippen molar-refractivity contribution in [2.45, 2.75) is 6.92 Å². The van der Waals surface area contributed by atoms with Gasteiger partial charge in [-0.1, -0.05) is 30.3 Å². The number of aromatic carboxylic acids is 1. The molecule has 86 valence electrons. The van der Waals surface area contributed by atoms with E-state index in [4.69, 9.17) is 0 Å². The monoisotopic (exact) mass is 229 g/mol. The van der Waals surface area contributed by atoms with E-state index in [-0.39, 0.29) is 11.1 Å². The summed E-state index contributed by atoms with van der Waals surface area (Å²) in [5.74, 6) is -1.04. The van der Waals surface area contributed by atoms with Crippen molar-refractivity contribution in [2.75, 3.05) is 0 Å². The number of pyridine rings is 1. The highest BCUT2D eigenvalue weighted by molar-refractivity contribution is 5.96. The minimum absolute atomic E-state index is 0.135. The van der Waals surface area contributed by atoms with E-state index in [0.29, 0.717) is 16.8 Å². The average molecular weight is 229 g/mol. The van der Waals surface area contributed by atoms with Gasteiger partial charge < -0.3 is 10.1 Å². The van der Waals surface area contributed by atoms with Gasteiger partial charge in [-0.3, -0.25) is 4.79 Å². The molecule has 0 fully saturated rings. The fourth-order valence-corrected chi connectivity index (χ4v) is 1.78. The van der Waals surface area contributed by atoms with Gasteiger partial charge in [0.05, 0.1) is 11.3 Å². The van der Waals surface area contributed by atoms with Gasteiger partial charge in [-0.15, -0.1) is 0 Å². The van der Waals surface area contributed by atoms with Gasteiger partial charge in [-0.05, 0) is 18.1 Å². The number of carboxylic acids is 1. The van der Waals surface area contributed by atoms with E-state index in [9.17, 15) is 14.7 Å².